The minimum atomic E-state index is 0.246. The van der Waals surface area contributed by atoms with Gasteiger partial charge in [0.05, 0.1) is 5.69 Å². The van der Waals surface area contributed by atoms with Gasteiger partial charge in [0.25, 0.3) is 0 Å². The minimum absolute atomic E-state index is 0.246. The number of nitrogens with zero attached hydrogens (tertiary/aromatic N) is 4. The predicted molar refractivity (Wildman–Crippen MR) is 105 cm³/mol. The number of aromatic nitrogens is 2. The molecule has 0 radical (unpaired) electrons. The van der Waals surface area contributed by atoms with Gasteiger partial charge in [-0.1, -0.05) is 24.3 Å². The average molecular weight is 357 g/mol. The second-order valence-electron chi connectivity index (χ2n) is 7.39. The van der Waals surface area contributed by atoms with Crippen molar-refractivity contribution in [2.24, 2.45) is 0 Å². The van der Waals surface area contributed by atoms with Gasteiger partial charge in [-0.15, -0.1) is 0 Å². The lowest BCUT2D eigenvalue weighted by atomic mass is 10.0. The smallest absolute Gasteiger partial charge is 0.0638 e. The van der Waals surface area contributed by atoms with E-state index in [1.807, 2.05) is 4.68 Å². The highest BCUT2D eigenvalue weighted by Gasteiger charge is 2.27. The van der Waals surface area contributed by atoms with Gasteiger partial charge >= 0.3 is 0 Å². The molecule has 26 heavy (non-hydrogen) atoms. The predicted octanol–water partition coefficient (Wildman–Crippen LogP) is 2.59. The Bertz CT molecular complexity index is 712. The van der Waals surface area contributed by atoms with Gasteiger partial charge in [0.15, 0.2) is 0 Å². The van der Waals surface area contributed by atoms with Gasteiger partial charge in [0.1, 0.15) is 0 Å². The molecule has 1 fully saturated rings. The second-order valence-corrected chi connectivity index (χ2v) is 7.39. The van der Waals surface area contributed by atoms with Crippen LogP contribution in [-0.4, -0.2) is 57.0 Å². The summed E-state index contributed by atoms with van der Waals surface area (Å²) in [6, 6.07) is 9.02. The van der Waals surface area contributed by atoms with Crippen molar-refractivity contribution in [2.75, 3.05) is 26.2 Å². The van der Waals surface area contributed by atoms with Crippen LogP contribution in [0.25, 0.3) is 0 Å². The first-order valence-electron chi connectivity index (χ1n) is 9.75. The molecule has 5 nitrogen and oxygen atoms in total. The fraction of sp³-hybridized carbons (Fsp3) is 0.571. The summed E-state index contributed by atoms with van der Waals surface area (Å²) in [5, 5.41) is 14.1. The molecule has 1 N–H and O–H groups in total. The van der Waals surface area contributed by atoms with Crippen LogP contribution in [0.1, 0.15) is 35.7 Å². The van der Waals surface area contributed by atoms with Crippen molar-refractivity contribution in [3.63, 3.8) is 0 Å². The normalized spacial score (nSPS) is 19.2. The standard InChI is InChI=1S/C21H32N4O/c1-4-25-15-20(18(3)22-25)13-23-10-11-24(21(16-23)9-12-26)14-19-8-6-5-7-17(19)2/h5-8,15,21,26H,4,9-14,16H2,1-3H3/t21-/m0/s1. The fourth-order valence-electron chi connectivity index (χ4n) is 3.86. The van der Waals surface area contributed by atoms with Crippen LogP contribution in [0.3, 0.4) is 0 Å². The average Bonchev–Trinajstić information content (AvgIpc) is 2.99. The van der Waals surface area contributed by atoms with Crippen LogP contribution in [0.4, 0.5) is 0 Å². The third kappa shape index (κ3) is 4.53. The molecule has 1 aromatic carbocycles. The lowest BCUT2D eigenvalue weighted by Crippen LogP contribution is -2.52. The van der Waals surface area contributed by atoms with Gasteiger partial charge in [0.2, 0.25) is 0 Å². The molecule has 3 rings (SSSR count). The van der Waals surface area contributed by atoms with Gasteiger partial charge in [-0.2, -0.15) is 5.10 Å². The van der Waals surface area contributed by atoms with E-state index >= 15 is 0 Å². The zero-order chi connectivity index (χ0) is 18.5. The van der Waals surface area contributed by atoms with Crippen LogP contribution in [-0.2, 0) is 19.6 Å². The van der Waals surface area contributed by atoms with Crippen LogP contribution < -0.4 is 0 Å². The van der Waals surface area contributed by atoms with Gasteiger partial charge in [0, 0.05) is 63.7 Å². The van der Waals surface area contributed by atoms with E-state index in [4.69, 9.17) is 0 Å². The van der Waals surface area contributed by atoms with Crippen molar-refractivity contribution in [1.82, 2.24) is 19.6 Å². The number of aryl methyl sites for hydroxylation is 3. The summed E-state index contributed by atoms with van der Waals surface area (Å²) >= 11 is 0. The molecule has 0 saturated carbocycles. The molecule has 1 aliphatic heterocycles. The highest BCUT2D eigenvalue weighted by molar-refractivity contribution is 5.25. The van der Waals surface area contributed by atoms with E-state index in [0.29, 0.717) is 6.04 Å². The summed E-state index contributed by atoms with van der Waals surface area (Å²) in [6.45, 7) is 12.6. The Balaban J connectivity index is 1.65. The quantitative estimate of drug-likeness (QED) is 0.828. The molecule has 2 heterocycles. The van der Waals surface area contributed by atoms with Crippen LogP contribution in [0.15, 0.2) is 30.5 Å². The molecule has 0 amide bonds. The van der Waals surface area contributed by atoms with Crippen LogP contribution in [0, 0.1) is 13.8 Å². The maximum Gasteiger partial charge on any atom is 0.0638 e. The monoisotopic (exact) mass is 356 g/mol. The SMILES string of the molecule is CCn1cc(CN2CCN(Cc3ccccc3C)[C@@H](CCO)C2)c(C)n1. The summed E-state index contributed by atoms with van der Waals surface area (Å²) in [6.07, 6.45) is 3.01. The van der Waals surface area contributed by atoms with Gasteiger partial charge in [-0.05, 0) is 38.3 Å². The molecular weight excluding hydrogens is 324 g/mol. The van der Waals surface area contributed by atoms with Gasteiger partial charge in [-0.25, -0.2) is 0 Å². The largest absolute Gasteiger partial charge is 0.396 e. The molecule has 0 unspecified atom stereocenters. The molecule has 5 heteroatoms. The number of aliphatic hydroxyl groups excluding tert-OH is 1. The van der Waals surface area contributed by atoms with Crippen molar-refractivity contribution in [2.45, 2.75) is 52.9 Å². The fourth-order valence-corrected chi connectivity index (χ4v) is 3.86. The van der Waals surface area contributed by atoms with E-state index in [-0.39, 0.29) is 6.61 Å². The number of piperazine rings is 1. The molecule has 1 aromatic heterocycles. The van der Waals surface area contributed by atoms with Crippen molar-refractivity contribution < 1.29 is 5.11 Å². The molecular formula is C21H32N4O. The lowest BCUT2D eigenvalue weighted by Gasteiger charge is -2.41. The van der Waals surface area contributed by atoms with Crippen molar-refractivity contribution in [1.29, 1.82) is 0 Å². The van der Waals surface area contributed by atoms with E-state index in [9.17, 15) is 5.11 Å². The Kier molecular flexibility index (Phi) is 6.46. The molecule has 1 atom stereocenters. The summed E-state index contributed by atoms with van der Waals surface area (Å²) in [7, 11) is 0. The Labute approximate surface area is 157 Å². The Hall–Kier alpha value is -1.69. The minimum Gasteiger partial charge on any atom is -0.396 e. The summed E-state index contributed by atoms with van der Waals surface area (Å²) in [4.78, 5) is 5.05. The van der Waals surface area contributed by atoms with E-state index in [1.165, 1.54) is 16.7 Å². The van der Waals surface area contributed by atoms with Crippen molar-refractivity contribution in [3.05, 3.63) is 52.8 Å². The van der Waals surface area contributed by atoms with Crippen LogP contribution in [0.2, 0.25) is 0 Å². The first-order valence-corrected chi connectivity index (χ1v) is 9.75. The Morgan fingerprint density at radius 1 is 1.12 bits per heavy atom. The van der Waals surface area contributed by atoms with Gasteiger partial charge < -0.3 is 5.11 Å². The maximum atomic E-state index is 9.55. The number of hydrogen-bond acceptors (Lipinski definition) is 4. The highest BCUT2D eigenvalue weighted by atomic mass is 16.3. The van der Waals surface area contributed by atoms with Crippen LogP contribution >= 0.6 is 0 Å². The zero-order valence-corrected chi connectivity index (χ0v) is 16.4. The molecule has 0 bridgehead atoms. The summed E-state index contributed by atoms with van der Waals surface area (Å²) < 4.78 is 2.02. The highest BCUT2D eigenvalue weighted by Crippen LogP contribution is 2.20. The zero-order valence-electron chi connectivity index (χ0n) is 16.4. The number of benzene rings is 1. The maximum absolute atomic E-state index is 9.55. The number of hydrogen-bond donors (Lipinski definition) is 1. The van der Waals surface area contributed by atoms with E-state index in [2.05, 4.69) is 66.1 Å². The second kappa shape index (κ2) is 8.80. The molecule has 1 saturated heterocycles. The summed E-state index contributed by atoms with van der Waals surface area (Å²) in [5.41, 5.74) is 5.19. The third-order valence-electron chi connectivity index (χ3n) is 5.55. The number of rotatable bonds is 7. The lowest BCUT2D eigenvalue weighted by molar-refractivity contribution is 0.0498. The first-order chi connectivity index (χ1) is 12.6. The Morgan fingerprint density at radius 3 is 2.62 bits per heavy atom. The molecule has 0 aliphatic carbocycles. The molecule has 142 valence electrons. The third-order valence-corrected chi connectivity index (χ3v) is 5.55. The van der Waals surface area contributed by atoms with Gasteiger partial charge in [-0.3, -0.25) is 14.5 Å². The van der Waals surface area contributed by atoms with E-state index < -0.39 is 0 Å². The Morgan fingerprint density at radius 2 is 1.92 bits per heavy atom. The molecule has 2 aromatic rings. The topological polar surface area (TPSA) is 44.5 Å². The molecule has 0 spiro atoms. The van der Waals surface area contributed by atoms with Crippen molar-refractivity contribution >= 4 is 0 Å². The summed E-state index contributed by atoms with van der Waals surface area (Å²) in [5.74, 6) is 0. The van der Waals surface area contributed by atoms with E-state index in [0.717, 1.165) is 51.4 Å². The first kappa shape index (κ1) is 19.1. The van der Waals surface area contributed by atoms with Crippen molar-refractivity contribution in [3.8, 4) is 0 Å². The van der Waals surface area contributed by atoms with E-state index in [1.54, 1.807) is 0 Å². The number of aliphatic hydroxyl groups is 1. The van der Waals surface area contributed by atoms with Crippen LogP contribution in [0.5, 0.6) is 0 Å². The molecule has 1 aliphatic rings.